The van der Waals surface area contributed by atoms with Crippen molar-refractivity contribution in [1.29, 1.82) is 0 Å². The van der Waals surface area contributed by atoms with Gasteiger partial charge in [0, 0.05) is 38.8 Å². The number of amides is 1. The number of carbonyl (C=O) groups excluding carboxylic acids is 1. The van der Waals surface area contributed by atoms with E-state index in [0.29, 0.717) is 18.9 Å². The predicted molar refractivity (Wildman–Crippen MR) is 91.3 cm³/mol. The molecule has 0 saturated carbocycles. The molecule has 9 nitrogen and oxygen atoms in total. The van der Waals surface area contributed by atoms with Crippen molar-refractivity contribution in [3.63, 3.8) is 0 Å². The monoisotopic (exact) mass is 348 g/mol. The number of nitrogens with two attached hydrogens (primary N) is 1. The van der Waals surface area contributed by atoms with Gasteiger partial charge in [-0.3, -0.25) is 9.80 Å². The summed E-state index contributed by atoms with van der Waals surface area (Å²) < 4.78 is 10.9. The number of hydrogen-bond donors (Lipinski definition) is 1. The first-order chi connectivity index (χ1) is 12.2. The van der Waals surface area contributed by atoms with Crippen LogP contribution in [0.4, 0.5) is 16.4 Å². The van der Waals surface area contributed by atoms with E-state index in [1.54, 1.807) is 6.07 Å². The lowest BCUT2D eigenvalue weighted by molar-refractivity contribution is 0.0363. The van der Waals surface area contributed by atoms with Gasteiger partial charge in [0.15, 0.2) is 0 Å². The number of morpholine rings is 1. The maximum atomic E-state index is 12.2. The van der Waals surface area contributed by atoms with Crippen LogP contribution in [0.1, 0.15) is 6.42 Å². The Morgan fingerprint density at radius 1 is 1.20 bits per heavy atom. The Labute approximate surface area is 146 Å². The number of aromatic nitrogens is 2. The van der Waals surface area contributed by atoms with Gasteiger partial charge >= 0.3 is 6.09 Å². The molecule has 0 aliphatic carbocycles. The van der Waals surface area contributed by atoms with Crippen LogP contribution in [-0.2, 0) is 9.47 Å². The van der Waals surface area contributed by atoms with Crippen LogP contribution in [0.3, 0.4) is 0 Å². The fourth-order valence-electron chi connectivity index (χ4n) is 3.77. The molecule has 0 aromatic carbocycles. The van der Waals surface area contributed by atoms with E-state index < -0.39 is 0 Å². The first-order valence-electron chi connectivity index (χ1n) is 8.80. The second-order valence-corrected chi connectivity index (χ2v) is 6.70. The number of nitrogens with zero attached hydrogens (tertiary/aromatic N) is 5. The van der Waals surface area contributed by atoms with Crippen molar-refractivity contribution in [2.75, 3.05) is 63.1 Å². The highest BCUT2D eigenvalue weighted by Crippen LogP contribution is 2.29. The molecule has 1 aromatic heterocycles. The quantitative estimate of drug-likeness (QED) is 0.781. The summed E-state index contributed by atoms with van der Waals surface area (Å²) in [7, 11) is 0. The van der Waals surface area contributed by atoms with Crippen LogP contribution in [0, 0.1) is 0 Å². The van der Waals surface area contributed by atoms with Crippen molar-refractivity contribution in [1.82, 2.24) is 19.8 Å². The molecule has 2 atom stereocenters. The first kappa shape index (κ1) is 16.3. The van der Waals surface area contributed by atoms with Crippen LogP contribution < -0.4 is 10.6 Å². The molecule has 0 bridgehead atoms. The number of anilines is 2. The van der Waals surface area contributed by atoms with E-state index in [4.69, 9.17) is 15.2 Å². The Hall–Kier alpha value is -2.13. The average Bonchev–Trinajstić information content (AvgIpc) is 3.14. The van der Waals surface area contributed by atoms with E-state index in [2.05, 4.69) is 19.8 Å². The first-order valence-corrected chi connectivity index (χ1v) is 8.80. The maximum absolute atomic E-state index is 12.2. The molecule has 3 fully saturated rings. The van der Waals surface area contributed by atoms with Crippen LogP contribution in [-0.4, -0.2) is 90.5 Å². The van der Waals surface area contributed by atoms with Crippen molar-refractivity contribution in [2.45, 2.75) is 18.6 Å². The van der Waals surface area contributed by atoms with Crippen molar-refractivity contribution in [3.05, 3.63) is 12.4 Å². The summed E-state index contributed by atoms with van der Waals surface area (Å²) in [4.78, 5) is 26.7. The fourth-order valence-corrected chi connectivity index (χ4v) is 3.77. The highest BCUT2D eigenvalue weighted by molar-refractivity contribution is 5.71. The fraction of sp³-hybridized carbons (Fsp3) is 0.688. The van der Waals surface area contributed by atoms with Gasteiger partial charge in [-0.25, -0.2) is 14.8 Å². The zero-order valence-electron chi connectivity index (χ0n) is 14.2. The van der Waals surface area contributed by atoms with Crippen molar-refractivity contribution in [3.8, 4) is 0 Å². The molecule has 3 saturated heterocycles. The number of carbonyl (C=O) groups is 1. The molecule has 0 radical (unpaired) electrons. The largest absolute Gasteiger partial charge is 0.442 e. The molecule has 9 heteroatoms. The molecular formula is C16H24N6O3. The molecular weight excluding hydrogens is 324 g/mol. The number of hydrogen-bond acceptors (Lipinski definition) is 8. The summed E-state index contributed by atoms with van der Waals surface area (Å²) in [6.45, 7) is 6.60. The minimum atomic E-state index is -0.196. The Morgan fingerprint density at radius 2 is 2.04 bits per heavy atom. The SMILES string of the molecule is Nc1cc(N2C[C@H]3OC(=O)N(CCCN4CCOCC4)[C@H]3C2)ncn1. The number of rotatable bonds is 5. The van der Waals surface area contributed by atoms with Crippen LogP contribution in [0.25, 0.3) is 0 Å². The summed E-state index contributed by atoms with van der Waals surface area (Å²) in [5.74, 6) is 1.23. The van der Waals surface area contributed by atoms with Gasteiger partial charge in [-0.2, -0.15) is 0 Å². The second-order valence-electron chi connectivity index (χ2n) is 6.70. The normalized spacial score (nSPS) is 26.8. The maximum Gasteiger partial charge on any atom is 0.410 e. The third kappa shape index (κ3) is 3.47. The van der Waals surface area contributed by atoms with Gasteiger partial charge in [0.05, 0.1) is 25.8 Å². The van der Waals surface area contributed by atoms with Gasteiger partial charge in [0.2, 0.25) is 0 Å². The molecule has 2 N–H and O–H groups in total. The number of fused-ring (bicyclic) bond motifs is 1. The minimum Gasteiger partial charge on any atom is -0.442 e. The van der Waals surface area contributed by atoms with E-state index in [9.17, 15) is 4.79 Å². The van der Waals surface area contributed by atoms with E-state index in [-0.39, 0.29) is 18.2 Å². The average molecular weight is 348 g/mol. The van der Waals surface area contributed by atoms with Crippen LogP contribution in [0.5, 0.6) is 0 Å². The lowest BCUT2D eigenvalue weighted by atomic mass is 10.2. The zero-order chi connectivity index (χ0) is 17.2. The number of nitrogen functional groups attached to an aromatic ring is 1. The molecule has 25 heavy (non-hydrogen) atoms. The highest BCUT2D eigenvalue weighted by Gasteiger charge is 2.47. The van der Waals surface area contributed by atoms with Gasteiger partial charge in [-0.15, -0.1) is 0 Å². The van der Waals surface area contributed by atoms with Crippen molar-refractivity contribution < 1.29 is 14.3 Å². The van der Waals surface area contributed by atoms with Gasteiger partial charge in [0.25, 0.3) is 0 Å². The summed E-state index contributed by atoms with van der Waals surface area (Å²) in [5.41, 5.74) is 5.74. The Bertz CT molecular complexity index is 624. The molecule has 4 heterocycles. The molecule has 1 amide bonds. The summed E-state index contributed by atoms with van der Waals surface area (Å²) in [6.07, 6.45) is 2.11. The third-order valence-corrected chi connectivity index (χ3v) is 5.10. The molecule has 0 unspecified atom stereocenters. The smallest absolute Gasteiger partial charge is 0.410 e. The van der Waals surface area contributed by atoms with E-state index in [1.807, 2.05) is 4.90 Å². The number of ether oxygens (including phenoxy) is 2. The Morgan fingerprint density at radius 3 is 2.84 bits per heavy atom. The van der Waals surface area contributed by atoms with Crippen molar-refractivity contribution in [2.24, 2.45) is 0 Å². The second kappa shape index (κ2) is 7.01. The predicted octanol–water partition coefficient (Wildman–Crippen LogP) is -0.209. The molecule has 1 aromatic rings. The van der Waals surface area contributed by atoms with Crippen LogP contribution in [0.15, 0.2) is 12.4 Å². The zero-order valence-corrected chi connectivity index (χ0v) is 14.2. The minimum absolute atomic E-state index is 0.0772. The molecule has 4 rings (SSSR count). The van der Waals surface area contributed by atoms with Crippen molar-refractivity contribution >= 4 is 17.7 Å². The van der Waals surface area contributed by atoms with Crippen LogP contribution in [0.2, 0.25) is 0 Å². The topological polar surface area (TPSA) is 97.0 Å². The van der Waals surface area contributed by atoms with Gasteiger partial charge in [-0.05, 0) is 6.42 Å². The standard InChI is InChI=1S/C16H24N6O3/c17-14-8-15(19-11-18-14)21-9-12-13(10-21)25-16(23)22(12)3-1-2-20-4-6-24-7-5-20/h8,11-13H,1-7,9-10H2,(H2,17,18,19)/t12-,13+/m0/s1. The van der Waals surface area contributed by atoms with Gasteiger partial charge in [0.1, 0.15) is 24.1 Å². The Balaban J connectivity index is 1.33. The molecule has 136 valence electrons. The molecule has 3 aliphatic heterocycles. The third-order valence-electron chi connectivity index (χ3n) is 5.10. The lowest BCUT2D eigenvalue weighted by Gasteiger charge is -2.28. The molecule has 0 spiro atoms. The van der Waals surface area contributed by atoms with Gasteiger partial charge in [-0.1, -0.05) is 0 Å². The van der Waals surface area contributed by atoms with E-state index >= 15 is 0 Å². The van der Waals surface area contributed by atoms with E-state index in [1.165, 1.54) is 6.33 Å². The Kier molecular flexibility index (Phi) is 4.58. The lowest BCUT2D eigenvalue weighted by Crippen LogP contribution is -2.41. The summed E-state index contributed by atoms with van der Waals surface area (Å²) in [5, 5.41) is 0. The van der Waals surface area contributed by atoms with E-state index in [0.717, 1.165) is 51.6 Å². The van der Waals surface area contributed by atoms with Gasteiger partial charge < -0.3 is 20.1 Å². The van der Waals surface area contributed by atoms with Crippen LogP contribution >= 0.6 is 0 Å². The summed E-state index contributed by atoms with van der Waals surface area (Å²) in [6, 6.07) is 1.83. The summed E-state index contributed by atoms with van der Waals surface area (Å²) >= 11 is 0. The highest BCUT2D eigenvalue weighted by atomic mass is 16.6. The molecule has 3 aliphatic rings.